The lowest BCUT2D eigenvalue weighted by Gasteiger charge is -2.02. The first kappa shape index (κ1) is 11.7. The molecule has 0 aliphatic heterocycles. The zero-order valence-corrected chi connectivity index (χ0v) is 9.48. The Morgan fingerprint density at radius 3 is 2.44 bits per heavy atom. The average molecular weight is 274 g/mol. The van der Waals surface area contributed by atoms with E-state index >= 15 is 0 Å². The van der Waals surface area contributed by atoms with Crippen molar-refractivity contribution in [2.24, 2.45) is 5.10 Å². The molecule has 0 bridgehead atoms. The Kier molecular flexibility index (Phi) is 4.03. The smallest absolute Gasteiger partial charge is 0.237 e. The SMILES string of the molecule is N#CC(C#N)=NNc1ccc(C#N)cc1Br. The van der Waals surface area contributed by atoms with Crippen molar-refractivity contribution in [1.29, 1.82) is 15.8 Å². The van der Waals surface area contributed by atoms with E-state index in [4.69, 9.17) is 15.8 Å². The van der Waals surface area contributed by atoms with Crippen molar-refractivity contribution in [2.75, 3.05) is 5.43 Å². The number of halogens is 1. The molecule has 0 amide bonds. The highest BCUT2D eigenvalue weighted by Crippen LogP contribution is 2.23. The fourth-order valence-corrected chi connectivity index (χ4v) is 1.33. The van der Waals surface area contributed by atoms with Crippen LogP contribution in [-0.4, -0.2) is 5.71 Å². The van der Waals surface area contributed by atoms with Gasteiger partial charge in [0, 0.05) is 4.47 Å². The summed E-state index contributed by atoms with van der Waals surface area (Å²) in [7, 11) is 0. The molecule has 0 radical (unpaired) electrons. The standard InChI is InChI=1S/C10H4BrN5/c11-9-3-7(4-12)1-2-10(9)16-15-8(5-13)6-14/h1-3,16H. The predicted octanol–water partition coefficient (Wildman–Crippen LogP) is 2.14. The number of hydrogen-bond acceptors (Lipinski definition) is 5. The highest BCUT2D eigenvalue weighted by atomic mass is 79.9. The molecule has 1 N–H and O–H groups in total. The number of hydrogen-bond donors (Lipinski definition) is 1. The van der Waals surface area contributed by atoms with Gasteiger partial charge in [-0.2, -0.15) is 20.9 Å². The molecule has 6 heteroatoms. The third kappa shape index (κ3) is 2.81. The molecule has 0 saturated carbocycles. The molecule has 0 aliphatic rings. The maximum atomic E-state index is 8.64. The van der Waals surface area contributed by atoms with E-state index < -0.39 is 0 Å². The summed E-state index contributed by atoms with van der Waals surface area (Å²) in [6.45, 7) is 0. The Bertz CT molecular complexity index is 540. The molecule has 5 nitrogen and oxygen atoms in total. The van der Waals surface area contributed by atoms with E-state index in [0.29, 0.717) is 15.7 Å². The summed E-state index contributed by atoms with van der Waals surface area (Å²) in [4.78, 5) is 0. The fourth-order valence-electron chi connectivity index (χ4n) is 0.866. The number of rotatable bonds is 2. The maximum Gasteiger partial charge on any atom is 0.237 e. The summed E-state index contributed by atoms with van der Waals surface area (Å²) in [5.41, 5.74) is 3.36. The normalized spacial score (nSPS) is 8.12. The van der Waals surface area contributed by atoms with Crippen molar-refractivity contribution < 1.29 is 0 Å². The molecule has 0 spiro atoms. The Morgan fingerprint density at radius 1 is 1.25 bits per heavy atom. The molecule has 0 aromatic heterocycles. The first-order valence-corrected chi connectivity index (χ1v) is 4.84. The highest BCUT2D eigenvalue weighted by molar-refractivity contribution is 9.10. The number of hydrazone groups is 1. The van der Waals surface area contributed by atoms with Crippen LogP contribution in [0.5, 0.6) is 0 Å². The first-order chi connectivity index (χ1) is 7.71. The minimum atomic E-state index is -0.267. The zero-order valence-electron chi connectivity index (χ0n) is 7.90. The molecule has 0 saturated heterocycles. The maximum absolute atomic E-state index is 8.64. The summed E-state index contributed by atoms with van der Waals surface area (Å²) in [5, 5.41) is 29.1. The number of nitrogens with zero attached hydrogens (tertiary/aromatic N) is 4. The second kappa shape index (κ2) is 5.50. The third-order valence-corrected chi connectivity index (χ3v) is 2.25. The first-order valence-electron chi connectivity index (χ1n) is 4.05. The molecule has 1 rings (SSSR count). The molecular weight excluding hydrogens is 270 g/mol. The van der Waals surface area contributed by atoms with E-state index in [9.17, 15) is 0 Å². The molecule has 0 heterocycles. The van der Waals surface area contributed by atoms with Gasteiger partial charge in [-0.25, -0.2) is 0 Å². The van der Waals surface area contributed by atoms with Crippen LogP contribution < -0.4 is 5.43 Å². The van der Waals surface area contributed by atoms with Crippen LogP contribution in [0.15, 0.2) is 27.8 Å². The van der Waals surface area contributed by atoms with Gasteiger partial charge < -0.3 is 0 Å². The quantitative estimate of drug-likeness (QED) is 0.660. The Labute approximate surface area is 100 Å². The van der Waals surface area contributed by atoms with Crippen molar-refractivity contribution in [1.82, 2.24) is 0 Å². The summed E-state index contributed by atoms with van der Waals surface area (Å²) in [6.07, 6.45) is 0. The Balaban J connectivity index is 2.94. The largest absolute Gasteiger partial charge is 0.275 e. The lowest BCUT2D eigenvalue weighted by atomic mass is 10.2. The van der Waals surface area contributed by atoms with Gasteiger partial charge in [0.05, 0.1) is 17.3 Å². The van der Waals surface area contributed by atoms with Gasteiger partial charge >= 0.3 is 0 Å². The number of anilines is 1. The van der Waals surface area contributed by atoms with Gasteiger partial charge in [0.2, 0.25) is 5.71 Å². The molecule has 0 atom stereocenters. The lowest BCUT2D eigenvalue weighted by molar-refractivity contribution is 1.32. The molecule has 1 aromatic carbocycles. The van der Waals surface area contributed by atoms with Crippen LogP contribution in [-0.2, 0) is 0 Å². The average Bonchev–Trinajstić information content (AvgIpc) is 2.32. The molecule has 76 valence electrons. The van der Waals surface area contributed by atoms with Gasteiger partial charge in [-0.1, -0.05) is 0 Å². The van der Waals surface area contributed by atoms with Crippen LogP contribution in [0.1, 0.15) is 5.56 Å². The van der Waals surface area contributed by atoms with Gasteiger partial charge in [-0.15, -0.1) is 0 Å². The summed E-state index contributed by atoms with van der Waals surface area (Å²) >= 11 is 3.23. The molecule has 0 unspecified atom stereocenters. The molecule has 1 aromatic rings. The molecule has 0 fully saturated rings. The topological polar surface area (TPSA) is 95.8 Å². The third-order valence-electron chi connectivity index (χ3n) is 1.60. The minimum Gasteiger partial charge on any atom is -0.275 e. The van der Waals surface area contributed by atoms with Crippen LogP contribution in [0.3, 0.4) is 0 Å². The minimum absolute atomic E-state index is 0.267. The molecule has 0 aliphatic carbocycles. The second-order valence-electron chi connectivity index (χ2n) is 2.60. The van der Waals surface area contributed by atoms with Crippen LogP contribution in [0.25, 0.3) is 0 Å². The van der Waals surface area contributed by atoms with E-state index in [1.54, 1.807) is 30.3 Å². The van der Waals surface area contributed by atoms with Crippen molar-refractivity contribution in [3.63, 3.8) is 0 Å². The van der Waals surface area contributed by atoms with Crippen molar-refractivity contribution >= 4 is 27.3 Å². The van der Waals surface area contributed by atoms with Crippen LogP contribution >= 0.6 is 15.9 Å². The van der Waals surface area contributed by atoms with Crippen molar-refractivity contribution in [3.8, 4) is 18.2 Å². The van der Waals surface area contributed by atoms with E-state index in [-0.39, 0.29) is 5.71 Å². The van der Waals surface area contributed by atoms with Crippen LogP contribution in [0.4, 0.5) is 5.69 Å². The highest BCUT2D eigenvalue weighted by Gasteiger charge is 2.01. The predicted molar refractivity (Wildman–Crippen MR) is 61.1 cm³/mol. The van der Waals surface area contributed by atoms with E-state index in [1.807, 2.05) is 6.07 Å². The Hall–Kier alpha value is -2.36. The fraction of sp³-hybridized carbons (Fsp3) is 0. The zero-order chi connectivity index (χ0) is 12.0. The summed E-state index contributed by atoms with van der Waals surface area (Å²) < 4.78 is 0.630. The molecule has 16 heavy (non-hydrogen) atoms. The van der Waals surface area contributed by atoms with Crippen molar-refractivity contribution in [2.45, 2.75) is 0 Å². The van der Waals surface area contributed by atoms with Gasteiger partial charge in [-0.05, 0) is 34.1 Å². The summed E-state index contributed by atoms with van der Waals surface area (Å²) in [6, 6.07) is 10.1. The van der Waals surface area contributed by atoms with E-state index in [0.717, 1.165) is 0 Å². The number of benzene rings is 1. The lowest BCUT2D eigenvalue weighted by Crippen LogP contribution is -1.97. The number of nitriles is 3. The van der Waals surface area contributed by atoms with E-state index in [2.05, 4.69) is 26.5 Å². The Morgan fingerprint density at radius 2 is 1.94 bits per heavy atom. The van der Waals surface area contributed by atoms with E-state index in [1.165, 1.54) is 0 Å². The molecular formula is C10H4BrN5. The van der Waals surface area contributed by atoms with Crippen LogP contribution in [0.2, 0.25) is 0 Å². The van der Waals surface area contributed by atoms with Gasteiger partial charge in [0.1, 0.15) is 12.1 Å². The van der Waals surface area contributed by atoms with Crippen LogP contribution in [0, 0.1) is 34.0 Å². The number of nitrogens with one attached hydrogen (secondary N) is 1. The van der Waals surface area contributed by atoms with Crippen molar-refractivity contribution in [3.05, 3.63) is 28.2 Å². The van der Waals surface area contributed by atoms with Gasteiger partial charge in [-0.3, -0.25) is 5.43 Å². The van der Waals surface area contributed by atoms with Gasteiger partial charge in [0.25, 0.3) is 0 Å². The summed E-state index contributed by atoms with van der Waals surface area (Å²) in [5.74, 6) is 0. The van der Waals surface area contributed by atoms with Gasteiger partial charge in [0.15, 0.2) is 0 Å². The monoisotopic (exact) mass is 273 g/mol. The second-order valence-corrected chi connectivity index (χ2v) is 3.46.